The zero-order valence-electron chi connectivity index (χ0n) is 11.5. The monoisotopic (exact) mass is 294 g/mol. The number of pyridine rings is 1. The van der Waals surface area contributed by atoms with Gasteiger partial charge in [-0.3, -0.25) is 4.79 Å². The van der Waals surface area contributed by atoms with E-state index in [1.807, 2.05) is 6.07 Å². The van der Waals surface area contributed by atoms with Gasteiger partial charge in [-0.25, -0.2) is 4.79 Å². The van der Waals surface area contributed by atoms with Crippen LogP contribution >= 0.6 is 0 Å². The van der Waals surface area contributed by atoms with E-state index in [-0.39, 0.29) is 33.6 Å². The minimum atomic E-state index is -0.728. The maximum atomic E-state index is 11.9. The molecule has 1 aromatic carbocycles. The Bertz CT molecular complexity index is 900. The van der Waals surface area contributed by atoms with Crippen LogP contribution in [-0.2, 0) is 4.74 Å². The smallest absolute Gasteiger partial charge is 0.338 e. The standard InChI is InChI=1S/C15H10N4O3/c1-22-15(21)9-5-3-2-4-8(9)12-10(6-16)13(18)19-14(20)11(12)7-17/h2-5H,1H3,(H3,18,19,20). The molecule has 0 unspecified atom stereocenters. The third-order valence-electron chi connectivity index (χ3n) is 3.07. The number of ether oxygens (including phenoxy) is 1. The van der Waals surface area contributed by atoms with Crippen molar-refractivity contribution >= 4 is 11.8 Å². The summed E-state index contributed by atoms with van der Waals surface area (Å²) in [5.41, 5.74) is 4.94. The lowest BCUT2D eigenvalue weighted by atomic mass is 9.93. The molecule has 2 aromatic rings. The van der Waals surface area contributed by atoms with Gasteiger partial charge >= 0.3 is 5.97 Å². The van der Waals surface area contributed by atoms with Crippen LogP contribution in [0.2, 0.25) is 0 Å². The number of rotatable bonds is 2. The predicted octanol–water partition coefficient (Wildman–Crippen LogP) is 1.15. The number of anilines is 1. The van der Waals surface area contributed by atoms with E-state index >= 15 is 0 Å². The molecule has 0 saturated carbocycles. The molecule has 7 heteroatoms. The molecule has 0 aliphatic rings. The van der Waals surface area contributed by atoms with E-state index in [0.29, 0.717) is 0 Å². The van der Waals surface area contributed by atoms with Gasteiger partial charge in [-0.15, -0.1) is 0 Å². The molecule has 1 heterocycles. The van der Waals surface area contributed by atoms with Crippen LogP contribution in [0.5, 0.6) is 0 Å². The van der Waals surface area contributed by atoms with Gasteiger partial charge in [-0.2, -0.15) is 10.5 Å². The number of carbonyl (C=O) groups excluding carboxylic acids is 1. The van der Waals surface area contributed by atoms with E-state index < -0.39 is 11.5 Å². The summed E-state index contributed by atoms with van der Waals surface area (Å²) >= 11 is 0. The Morgan fingerprint density at radius 3 is 2.45 bits per heavy atom. The highest BCUT2D eigenvalue weighted by molar-refractivity contribution is 5.99. The number of nitriles is 2. The molecular formula is C15H10N4O3. The van der Waals surface area contributed by atoms with Gasteiger partial charge in [-0.05, 0) is 11.6 Å². The lowest BCUT2D eigenvalue weighted by molar-refractivity contribution is 0.0601. The van der Waals surface area contributed by atoms with Crippen LogP contribution in [-0.4, -0.2) is 18.1 Å². The molecular weight excluding hydrogens is 284 g/mol. The van der Waals surface area contributed by atoms with Crippen molar-refractivity contribution in [3.05, 3.63) is 51.3 Å². The number of hydrogen-bond donors (Lipinski definition) is 2. The lowest BCUT2D eigenvalue weighted by Gasteiger charge is -2.12. The van der Waals surface area contributed by atoms with Crippen LogP contribution in [0.15, 0.2) is 29.1 Å². The highest BCUT2D eigenvalue weighted by atomic mass is 16.5. The van der Waals surface area contributed by atoms with Crippen molar-refractivity contribution in [1.29, 1.82) is 10.5 Å². The molecule has 0 amide bonds. The van der Waals surface area contributed by atoms with E-state index in [1.165, 1.54) is 19.2 Å². The third kappa shape index (κ3) is 2.28. The molecule has 2 rings (SSSR count). The minimum absolute atomic E-state index is 0.0206. The first-order valence-electron chi connectivity index (χ1n) is 6.08. The molecule has 7 nitrogen and oxygen atoms in total. The molecule has 0 saturated heterocycles. The summed E-state index contributed by atoms with van der Waals surface area (Å²) in [6, 6.07) is 9.80. The molecule has 0 aliphatic heterocycles. The summed E-state index contributed by atoms with van der Waals surface area (Å²) in [4.78, 5) is 26.0. The lowest BCUT2D eigenvalue weighted by Crippen LogP contribution is -2.17. The summed E-state index contributed by atoms with van der Waals surface area (Å²) in [5.74, 6) is -0.816. The summed E-state index contributed by atoms with van der Waals surface area (Å²) in [5, 5.41) is 18.5. The first-order valence-corrected chi connectivity index (χ1v) is 6.08. The van der Waals surface area contributed by atoms with Gasteiger partial charge in [0.1, 0.15) is 29.1 Å². The van der Waals surface area contributed by atoms with Crippen molar-refractivity contribution in [2.24, 2.45) is 0 Å². The van der Waals surface area contributed by atoms with Gasteiger partial charge in [0.25, 0.3) is 5.56 Å². The Balaban J connectivity index is 2.97. The molecule has 1 aromatic heterocycles. The number of nitrogens with two attached hydrogens (primary N) is 1. The fourth-order valence-corrected chi connectivity index (χ4v) is 2.10. The Kier molecular flexibility index (Phi) is 3.92. The number of benzene rings is 1. The van der Waals surface area contributed by atoms with Crippen LogP contribution in [0.3, 0.4) is 0 Å². The van der Waals surface area contributed by atoms with Gasteiger partial charge in [0.15, 0.2) is 0 Å². The number of esters is 1. The number of carbonyl (C=O) groups is 1. The number of aromatic amines is 1. The Hall–Kier alpha value is -3.58. The van der Waals surface area contributed by atoms with Crippen LogP contribution in [0.4, 0.5) is 5.82 Å². The van der Waals surface area contributed by atoms with Gasteiger partial charge in [0.2, 0.25) is 0 Å². The second kappa shape index (κ2) is 5.81. The van der Waals surface area contributed by atoms with Crippen LogP contribution in [0, 0.1) is 22.7 Å². The van der Waals surface area contributed by atoms with Gasteiger partial charge in [-0.1, -0.05) is 18.2 Å². The SMILES string of the molecule is COC(=O)c1ccccc1-c1c(C#N)c(N)[nH]c(=O)c1C#N. The average Bonchev–Trinajstić information content (AvgIpc) is 2.53. The largest absolute Gasteiger partial charge is 0.465 e. The van der Waals surface area contributed by atoms with Gasteiger partial charge in [0.05, 0.1) is 12.7 Å². The number of nitrogens with one attached hydrogen (secondary N) is 1. The summed E-state index contributed by atoms with van der Waals surface area (Å²) in [6.07, 6.45) is 0. The first kappa shape index (κ1) is 14.8. The second-order valence-electron chi connectivity index (χ2n) is 4.25. The maximum absolute atomic E-state index is 11.9. The van der Waals surface area contributed by atoms with Crippen molar-refractivity contribution in [3.8, 4) is 23.3 Å². The fraction of sp³-hybridized carbons (Fsp3) is 0.0667. The Labute approximate surface area is 125 Å². The summed E-state index contributed by atoms with van der Waals surface area (Å²) in [6.45, 7) is 0. The number of nitrogen functional groups attached to an aromatic ring is 1. The number of H-pyrrole nitrogens is 1. The van der Waals surface area contributed by atoms with Crippen molar-refractivity contribution in [2.75, 3.05) is 12.8 Å². The highest BCUT2D eigenvalue weighted by Gasteiger charge is 2.22. The van der Waals surface area contributed by atoms with Crippen molar-refractivity contribution < 1.29 is 9.53 Å². The number of aromatic nitrogens is 1. The molecule has 0 fully saturated rings. The van der Waals surface area contributed by atoms with E-state index in [2.05, 4.69) is 9.72 Å². The fourth-order valence-electron chi connectivity index (χ4n) is 2.10. The zero-order chi connectivity index (χ0) is 16.3. The predicted molar refractivity (Wildman–Crippen MR) is 77.7 cm³/mol. The molecule has 22 heavy (non-hydrogen) atoms. The number of methoxy groups -OCH3 is 1. The zero-order valence-corrected chi connectivity index (χ0v) is 11.5. The first-order chi connectivity index (χ1) is 10.5. The van der Waals surface area contributed by atoms with Crippen molar-refractivity contribution in [3.63, 3.8) is 0 Å². The number of hydrogen-bond acceptors (Lipinski definition) is 6. The normalized spacial score (nSPS) is 9.59. The quantitative estimate of drug-likeness (QED) is 0.798. The number of nitrogens with zero attached hydrogens (tertiary/aromatic N) is 2. The van der Waals surface area contributed by atoms with E-state index in [0.717, 1.165) is 0 Å². The maximum Gasteiger partial charge on any atom is 0.338 e. The topological polar surface area (TPSA) is 133 Å². The molecule has 3 N–H and O–H groups in total. The highest BCUT2D eigenvalue weighted by Crippen LogP contribution is 2.31. The molecule has 0 radical (unpaired) electrons. The molecule has 0 atom stereocenters. The second-order valence-corrected chi connectivity index (χ2v) is 4.25. The third-order valence-corrected chi connectivity index (χ3v) is 3.07. The van der Waals surface area contributed by atoms with E-state index in [1.54, 1.807) is 18.2 Å². The van der Waals surface area contributed by atoms with Crippen LogP contribution < -0.4 is 11.3 Å². The van der Waals surface area contributed by atoms with Crippen molar-refractivity contribution in [2.45, 2.75) is 0 Å². The molecule has 0 bridgehead atoms. The summed E-state index contributed by atoms with van der Waals surface area (Å²) in [7, 11) is 1.21. The van der Waals surface area contributed by atoms with Crippen LogP contribution in [0.1, 0.15) is 21.5 Å². The summed E-state index contributed by atoms with van der Waals surface area (Å²) < 4.78 is 4.68. The van der Waals surface area contributed by atoms with Crippen molar-refractivity contribution in [1.82, 2.24) is 4.98 Å². The molecule has 108 valence electrons. The van der Waals surface area contributed by atoms with Crippen LogP contribution in [0.25, 0.3) is 11.1 Å². The van der Waals surface area contributed by atoms with E-state index in [9.17, 15) is 20.1 Å². The average molecular weight is 294 g/mol. The Morgan fingerprint density at radius 2 is 1.86 bits per heavy atom. The van der Waals surface area contributed by atoms with E-state index in [4.69, 9.17) is 5.73 Å². The molecule has 0 spiro atoms. The van der Waals surface area contributed by atoms with Gasteiger partial charge in [0, 0.05) is 5.56 Å². The minimum Gasteiger partial charge on any atom is -0.465 e. The molecule has 0 aliphatic carbocycles. The Morgan fingerprint density at radius 1 is 1.23 bits per heavy atom. The van der Waals surface area contributed by atoms with Gasteiger partial charge < -0.3 is 15.5 Å².